The highest BCUT2D eigenvalue weighted by molar-refractivity contribution is 6.43. The fourth-order valence-corrected chi connectivity index (χ4v) is 2.50. The molecule has 1 aromatic carbocycles. The maximum absolute atomic E-state index is 13.3. The fourth-order valence-electron chi connectivity index (χ4n) is 2.10. The summed E-state index contributed by atoms with van der Waals surface area (Å²) in [5, 5.41) is 4.74. The molecule has 0 unspecified atom stereocenters. The Morgan fingerprint density at radius 1 is 1.25 bits per heavy atom. The minimum absolute atomic E-state index is 0.208. The van der Waals surface area contributed by atoms with E-state index < -0.39 is 6.67 Å². The summed E-state index contributed by atoms with van der Waals surface area (Å²) in [6, 6.07) is 6.74. The number of aromatic nitrogens is 3. The van der Waals surface area contributed by atoms with Gasteiger partial charge in [-0.3, -0.25) is 0 Å². The van der Waals surface area contributed by atoms with Crippen LogP contribution in [-0.2, 0) is 6.67 Å². The molecule has 2 aromatic heterocycles. The topological polar surface area (TPSA) is 56.2 Å². The molecule has 2 N–H and O–H groups in total. The zero-order valence-electron chi connectivity index (χ0n) is 10.1. The number of anilines is 1. The number of hydrogen-bond donors (Lipinski definition) is 1. The molecule has 20 heavy (non-hydrogen) atoms. The standard InChI is InChI=1S/C13H9Cl2FN4/c14-8-3-1-2-7(12(8)15)11-9(6-16)19-10-4-5-18-20(10)13(11)17/h1-5H,6,17H2. The van der Waals surface area contributed by atoms with E-state index in [2.05, 4.69) is 10.1 Å². The van der Waals surface area contributed by atoms with E-state index in [4.69, 9.17) is 28.9 Å². The molecule has 0 aliphatic rings. The number of fused-ring (bicyclic) bond motifs is 1. The number of hydrogen-bond acceptors (Lipinski definition) is 3. The lowest BCUT2D eigenvalue weighted by molar-refractivity contribution is 0.477. The van der Waals surface area contributed by atoms with Crippen molar-refractivity contribution in [1.29, 1.82) is 0 Å². The van der Waals surface area contributed by atoms with Crippen LogP contribution in [0.3, 0.4) is 0 Å². The Bertz CT molecular complexity index is 800. The number of alkyl halides is 1. The first kappa shape index (κ1) is 13.1. The first-order valence-corrected chi connectivity index (χ1v) is 6.51. The maximum Gasteiger partial charge on any atom is 0.157 e. The van der Waals surface area contributed by atoms with Gasteiger partial charge in [0.15, 0.2) is 5.65 Å². The van der Waals surface area contributed by atoms with Crippen LogP contribution in [0.1, 0.15) is 5.69 Å². The molecule has 0 aliphatic carbocycles. The quantitative estimate of drug-likeness (QED) is 0.784. The first-order valence-electron chi connectivity index (χ1n) is 5.76. The second-order valence-electron chi connectivity index (χ2n) is 4.15. The minimum atomic E-state index is -0.760. The molecular weight excluding hydrogens is 302 g/mol. The molecule has 3 rings (SSSR count). The molecule has 0 radical (unpaired) electrons. The van der Waals surface area contributed by atoms with Gasteiger partial charge in [-0.15, -0.1) is 0 Å². The Labute approximate surface area is 123 Å². The Morgan fingerprint density at radius 2 is 2.05 bits per heavy atom. The normalized spacial score (nSPS) is 11.2. The van der Waals surface area contributed by atoms with E-state index in [1.165, 1.54) is 4.52 Å². The van der Waals surface area contributed by atoms with Gasteiger partial charge < -0.3 is 5.73 Å². The van der Waals surface area contributed by atoms with Crippen molar-refractivity contribution in [3.63, 3.8) is 0 Å². The number of rotatable bonds is 2. The molecule has 3 aromatic rings. The number of nitrogen functional groups attached to an aromatic ring is 1. The summed E-state index contributed by atoms with van der Waals surface area (Å²) >= 11 is 12.2. The SMILES string of the molecule is Nc1c(-c2cccc(Cl)c2Cl)c(CF)nc2ccnn12. The molecule has 4 nitrogen and oxygen atoms in total. The van der Waals surface area contributed by atoms with Gasteiger partial charge >= 0.3 is 0 Å². The number of halogens is 3. The molecule has 0 aliphatic heterocycles. The van der Waals surface area contributed by atoms with E-state index in [1.807, 2.05) is 0 Å². The maximum atomic E-state index is 13.3. The van der Waals surface area contributed by atoms with Gasteiger partial charge in [-0.1, -0.05) is 35.3 Å². The van der Waals surface area contributed by atoms with Gasteiger partial charge in [-0.05, 0) is 6.07 Å². The van der Waals surface area contributed by atoms with Crippen molar-refractivity contribution < 1.29 is 4.39 Å². The average Bonchev–Trinajstić information content (AvgIpc) is 2.91. The zero-order chi connectivity index (χ0) is 14.3. The smallest absolute Gasteiger partial charge is 0.157 e. The van der Waals surface area contributed by atoms with Crippen LogP contribution in [-0.4, -0.2) is 14.6 Å². The molecule has 0 fully saturated rings. The molecule has 7 heteroatoms. The molecule has 0 bridgehead atoms. The highest BCUT2D eigenvalue weighted by Gasteiger charge is 2.18. The molecule has 102 valence electrons. The second kappa shape index (κ2) is 4.92. The van der Waals surface area contributed by atoms with Crippen LogP contribution in [0.15, 0.2) is 30.5 Å². The van der Waals surface area contributed by atoms with Crippen molar-refractivity contribution in [2.24, 2.45) is 0 Å². The van der Waals surface area contributed by atoms with E-state index in [1.54, 1.807) is 30.5 Å². The lowest BCUT2D eigenvalue weighted by atomic mass is 10.0. The van der Waals surface area contributed by atoms with E-state index in [0.717, 1.165) is 0 Å². The molecule has 0 spiro atoms. The van der Waals surface area contributed by atoms with E-state index >= 15 is 0 Å². The summed E-state index contributed by atoms with van der Waals surface area (Å²) in [5.41, 5.74) is 7.72. The van der Waals surface area contributed by atoms with Gasteiger partial charge in [-0.25, -0.2) is 9.37 Å². The molecule has 0 saturated heterocycles. The Morgan fingerprint density at radius 3 is 2.80 bits per heavy atom. The molecule has 0 saturated carbocycles. The van der Waals surface area contributed by atoms with Crippen LogP contribution in [0.25, 0.3) is 16.8 Å². The molecule has 0 atom stereocenters. The molecule has 0 amide bonds. The summed E-state index contributed by atoms with van der Waals surface area (Å²) in [4.78, 5) is 4.21. The summed E-state index contributed by atoms with van der Waals surface area (Å²) in [7, 11) is 0. The van der Waals surface area contributed by atoms with Crippen molar-refractivity contribution in [2.45, 2.75) is 6.67 Å². The van der Waals surface area contributed by atoms with Crippen LogP contribution in [0.5, 0.6) is 0 Å². The number of nitrogens with two attached hydrogens (primary N) is 1. The number of nitrogens with zero attached hydrogens (tertiary/aromatic N) is 3. The molecular formula is C13H9Cl2FN4. The fraction of sp³-hybridized carbons (Fsp3) is 0.0769. The van der Waals surface area contributed by atoms with Crippen LogP contribution in [0.4, 0.5) is 10.2 Å². The largest absolute Gasteiger partial charge is 0.383 e. The lowest BCUT2D eigenvalue weighted by Crippen LogP contribution is -2.07. The van der Waals surface area contributed by atoms with Crippen LogP contribution in [0, 0.1) is 0 Å². The van der Waals surface area contributed by atoms with Crippen molar-refractivity contribution in [2.75, 3.05) is 5.73 Å². The van der Waals surface area contributed by atoms with Crippen molar-refractivity contribution in [3.8, 4) is 11.1 Å². The predicted octanol–water partition coefficient (Wildman–Crippen LogP) is 3.75. The third-order valence-corrected chi connectivity index (χ3v) is 3.81. The van der Waals surface area contributed by atoms with Gasteiger partial charge in [0, 0.05) is 17.2 Å². The van der Waals surface area contributed by atoms with Gasteiger partial charge in [0.05, 0.1) is 21.9 Å². The van der Waals surface area contributed by atoms with Gasteiger partial charge in [0.2, 0.25) is 0 Å². The highest BCUT2D eigenvalue weighted by Crippen LogP contribution is 2.38. The van der Waals surface area contributed by atoms with Crippen LogP contribution < -0.4 is 5.73 Å². The Balaban J connectivity index is 2.39. The van der Waals surface area contributed by atoms with Crippen molar-refractivity contribution in [1.82, 2.24) is 14.6 Å². The lowest BCUT2D eigenvalue weighted by Gasteiger charge is -2.13. The third kappa shape index (κ3) is 1.90. The summed E-state index contributed by atoms with van der Waals surface area (Å²) < 4.78 is 14.7. The van der Waals surface area contributed by atoms with E-state index in [-0.39, 0.29) is 11.5 Å². The summed E-state index contributed by atoms with van der Waals surface area (Å²) in [5.74, 6) is 0.275. The van der Waals surface area contributed by atoms with Crippen LogP contribution >= 0.6 is 23.2 Å². The Hall–Kier alpha value is -1.85. The van der Waals surface area contributed by atoms with Gasteiger partial charge in [0.1, 0.15) is 12.5 Å². The zero-order valence-corrected chi connectivity index (χ0v) is 11.7. The Kier molecular flexibility index (Phi) is 3.23. The monoisotopic (exact) mass is 310 g/mol. The predicted molar refractivity (Wildman–Crippen MR) is 77.7 cm³/mol. The number of benzene rings is 1. The summed E-state index contributed by atoms with van der Waals surface area (Å²) in [6.07, 6.45) is 1.55. The third-order valence-electron chi connectivity index (χ3n) is 2.99. The minimum Gasteiger partial charge on any atom is -0.383 e. The van der Waals surface area contributed by atoms with Gasteiger partial charge in [0.25, 0.3) is 0 Å². The first-order chi connectivity index (χ1) is 9.63. The van der Waals surface area contributed by atoms with E-state index in [0.29, 0.717) is 26.8 Å². The van der Waals surface area contributed by atoms with Crippen LogP contribution in [0.2, 0.25) is 10.0 Å². The van der Waals surface area contributed by atoms with E-state index in [9.17, 15) is 4.39 Å². The highest BCUT2D eigenvalue weighted by atomic mass is 35.5. The summed E-state index contributed by atoms with van der Waals surface area (Å²) in [6.45, 7) is -0.760. The average molecular weight is 311 g/mol. The second-order valence-corrected chi connectivity index (χ2v) is 4.94. The molecule has 2 heterocycles. The van der Waals surface area contributed by atoms with Crippen molar-refractivity contribution >= 4 is 34.7 Å². The van der Waals surface area contributed by atoms with Crippen molar-refractivity contribution in [3.05, 3.63) is 46.2 Å². The van der Waals surface area contributed by atoms with Gasteiger partial charge in [-0.2, -0.15) is 9.61 Å².